The van der Waals surface area contributed by atoms with Crippen molar-refractivity contribution in [3.63, 3.8) is 0 Å². The highest BCUT2D eigenvalue weighted by atomic mass is 32.2. The Morgan fingerprint density at radius 3 is 2.44 bits per heavy atom. The third-order valence-electron chi connectivity index (χ3n) is 5.88. The summed E-state index contributed by atoms with van der Waals surface area (Å²) >= 11 is 0. The topological polar surface area (TPSA) is 100 Å². The SMILES string of the molecule is Cc1cc(C(F)(F)F)cnc1N[C@@H]1CCN(S(=O)(=O)c2ccc(-c3cncn3C)cc2)C[C@@H]1O. The van der Waals surface area contributed by atoms with Crippen LogP contribution in [0.2, 0.25) is 0 Å². The zero-order valence-electron chi connectivity index (χ0n) is 18.5. The fourth-order valence-corrected chi connectivity index (χ4v) is 5.40. The van der Waals surface area contributed by atoms with Crippen molar-refractivity contribution >= 4 is 15.8 Å². The Hall–Kier alpha value is -2.96. The summed E-state index contributed by atoms with van der Waals surface area (Å²) < 4.78 is 67.8. The maximum atomic E-state index is 13.1. The van der Waals surface area contributed by atoms with Crippen LogP contribution < -0.4 is 5.32 Å². The highest BCUT2D eigenvalue weighted by Crippen LogP contribution is 2.31. The van der Waals surface area contributed by atoms with Crippen LogP contribution >= 0.6 is 0 Å². The number of nitrogens with zero attached hydrogens (tertiary/aromatic N) is 4. The minimum Gasteiger partial charge on any atom is -0.390 e. The minimum absolute atomic E-state index is 0.109. The van der Waals surface area contributed by atoms with E-state index in [2.05, 4.69) is 15.3 Å². The van der Waals surface area contributed by atoms with Gasteiger partial charge in [-0.25, -0.2) is 18.4 Å². The third kappa shape index (κ3) is 4.79. The molecule has 12 heteroatoms. The van der Waals surface area contributed by atoms with Gasteiger partial charge in [-0.1, -0.05) is 12.1 Å². The van der Waals surface area contributed by atoms with Crippen molar-refractivity contribution in [2.45, 2.75) is 36.6 Å². The van der Waals surface area contributed by atoms with Crippen LogP contribution in [-0.4, -0.2) is 57.6 Å². The molecular formula is C22H24F3N5O3S. The number of piperidine rings is 1. The maximum Gasteiger partial charge on any atom is 0.417 e. The molecule has 0 unspecified atom stereocenters. The van der Waals surface area contributed by atoms with Crippen LogP contribution in [0.15, 0.2) is 53.9 Å². The second-order valence-electron chi connectivity index (χ2n) is 8.27. The molecule has 3 heterocycles. The van der Waals surface area contributed by atoms with E-state index in [0.29, 0.717) is 0 Å². The molecule has 0 amide bonds. The van der Waals surface area contributed by atoms with Gasteiger partial charge < -0.3 is 15.0 Å². The molecule has 182 valence electrons. The normalized spacial score (nSPS) is 19.8. The molecule has 1 aliphatic rings. The van der Waals surface area contributed by atoms with Crippen molar-refractivity contribution in [1.29, 1.82) is 0 Å². The van der Waals surface area contributed by atoms with Gasteiger partial charge in [0.2, 0.25) is 10.0 Å². The molecule has 0 spiro atoms. The molecule has 1 aliphatic heterocycles. The number of aryl methyl sites for hydroxylation is 2. The first kappa shape index (κ1) is 24.2. The van der Waals surface area contributed by atoms with Crippen LogP contribution in [0, 0.1) is 6.92 Å². The zero-order chi connectivity index (χ0) is 24.7. The van der Waals surface area contributed by atoms with E-state index in [-0.39, 0.29) is 35.8 Å². The van der Waals surface area contributed by atoms with E-state index in [1.807, 2.05) is 11.6 Å². The van der Waals surface area contributed by atoms with Crippen molar-refractivity contribution in [3.8, 4) is 11.3 Å². The Bertz CT molecular complexity index is 1280. The van der Waals surface area contributed by atoms with Crippen LogP contribution in [0.1, 0.15) is 17.5 Å². The first-order valence-electron chi connectivity index (χ1n) is 10.5. The lowest BCUT2D eigenvalue weighted by molar-refractivity contribution is -0.137. The van der Waals surface area contributed by atoms with Gasteiger partial charge in [0, 0.05) is 26.3 Å². The molecule has 1 saturated heterocycles. The van der Waals surface area contributed by atoms with Crippen molar-refractivity contribution < 1.29 is 26.7 Å². The van der Waals surface area contributed by atoms with Crippen LogP contribution in [0.5, 0.6) is 0 Å². The van der Waals surface area contributed by atoms with Gasteiger partial charge >= 0.3 is 6.18 Å². The third-order valence-corrected chi connectivity index (χ3v) is 7.76. The van der Waals surface area contributed by atoms with Crippen LogP contribution in [0.25, 0.3) is 11.3 Å². The summed E-state index contributed by atoms with van der Waals surface area (Å²) in [5.41, 5.74) is 1.09. The molecule has 1 aromatic carbocycles. The molecule has 2 atom stereocenters. The van der Waals surface area contributed by atoms with E-state index in [0.717, 1.165) is 23.5 Å². The summed E-state index contributed by atoms with van der Waals surface area (Å²) in [6.45, 7) is 1.48. The number of aromatic nitrogens is 3. The number of sulfonamides is 1. The Kier molecular flexibility index (Phi) is 6.40. The molecule has 0 saturated carbocycles. The number of halogens is 3. The predicted molar refractivity (Wildman–Crippen MR) is 119 cm³/mol. The maximum absolute atomic E-state index is 13.1. The van der Waals surface area contributed by atoms with Gasteiger partial charge in [0.25, 0.3) is 0 Å². The first-order chi connectivity index (χ1) is 16.0. The highest BCUT2D eigenvalue weighted by molar-refractivity contribution is 7.89. The van der Waals surface area contributed by atoms with E-state index in [4.69, 9.17) is 0 Å². The zero-order valence-corrected chi connectivity index (χ0v) is 19.3. The van der Waals surface area contributed by atoms with Gasteiger partial charge in [-0.05, 0) is 42.7 Å². The molecule has 2 N–H and O–H groups in total. The largest absolute Gasteiger partial charge is 0.417 e. The van der Waals surface area contributed by atoms with Crippen molar-refractivity contribution in [3.05, 3.63) is 60.2 Å². The number of nitrogens with one attached hydrogen (secondary N) is 1. The van der Waals surface area contributed by atoms with Crippen LogP contribution in [0.3, 0.4) is 0 Å². The summed E-state index contributed by atoms with van der Waals surface area (Å²) in [6, 6.07) is 6.87. The van der Waals surface area contributed by atoms with Crippen LogP contribution in [0.4, 0.5) is 19.0 Å². The molecule has 8 nitrogen and oxygen atoms in total. The lowest BCUT2D eigenvalue weighted by atomic mass is 10.0. The molecule has 1 fully saturated rings. The molecule has 4 rings (SSSR count). The summed E-state index contributed by atoms with van der Waals surface area (Å²) in [4.78, 5) is 8.01. The number of hydrogen-bond acceptors (Lipinski definition) is 6. The van der Waals surface area contributed by atoms with Gasteiger partial charge in [0.1, 0.15) is 5.82 Å². The minimum atomic E-state index is -4.49. The first-order valence-corrected chi connectivity index (χ1v) is 12.0. The second-order valence-corrected chi connectivity index (χ2v) is 10.2. The van der Waals surface area contributed by atoms with Gasteiger partial charge in [0.15, 0.2) is 0 Å². The number of benzene rings is 1. The average Bonchev–Trinajstić information content (AvgIpc) is 3.21. The molecule has 34 heavy (non-hydrogen) atoms. The average molecular weight is 496 g/mol. The monoisotopic (exact) mass is 495 g/mol. The number of aliphatic hydroxyl groups excluding tert-OH is 1. The second kappa shape index (κ2) is 9.01. The Morgan fingerprint density at radius 2 is 1.88 bits per heavy atom. The number of β-amino-alcohol motifs (C(OH)–C–C–N with tert-alkyl or cyclic N) is 1. The number of alkyl halides is 3. The van der Waals surface area contributed by atoms with E-state index in [1.165, 1.54) is 23.4 Å². The van der Waals surface area contributed by atoms with Gasteiger partial charge in [0.05, 0.1) is 40.8 Å². The molecule has 0 radical (unpaired) electrons. The van der Waals surface area contributed by atoms with Crippen LogP contribution in [-0.2, 0) is 23.2 Å². The summed E-state index contributed by atoms with van der Waals surface area (Å²) in [7, 11) is -1.99. The highest BCUT2D eigenvalue weighted by Gasteiger charge is 2.36. The fraction of sp³-hybridized carbons (Fsp3) is 0.364. The van der Waals surface area contributed by atoms with Crippen molar-refractivity contribution in [1.82, 2.24) is 18.8 Å². The fourth-order valence-electron chi connectivity index (χ4n) is 3.93. The molecule has 3 aromatic rings. The number of imidazole rings is 1. The van der Waals surface area contributed by atoms with Gasteiger partial charge in [-0.15, -0.1) is 0 Å². The van der Waals surface area contributed by atoms with Gasteiger partial charge in [-0.3, -0.25) is 0 Å². The lowest BCUT2D eigenvalue weighted by Crippen LogP contribution is -2.51. The smallest absolute Gasteiger partial charge is 0.390 e. The van der Waals surface area contributed by atoms with Gasteiger partial charge in [-0.2, -0.15) is 17.5 Å². The summed E-state index contributed by atoms with van der Waals surface area (Å²) in [5.74, 6) is 0.221. The van der Waals surface area contributed by atoms with E-state index in [9.17, 15) is 26.7 Å². The standard InChI is InChI=1S/C22H24F3N5O3S/c1-14-9-16(22(23,24)25)10-27-21(14)28-18-7-8-30(12-20(18)31)34(32,33)17-5-3-15(4-6-17)19-11-26-13-29(19)2/h3-6,9-11,13,18,20,31H,7-8,12H2,1-2H3,(H,27,28)/t18-,20+/m1/s1. The van der Waals surface area contributed by atoms with E-state index in [1.54, 1.807) is 24.7 Å². The number of pyridine rings is 1. The summed E-state index contributed by atoms with van der Waals surface area (Å²) in [5, 5.41) is 13.6. The van der Waals surface area contributed by atoms with E-state index >= 15 is 0 Å². The quantitative estimate of drug-likeness (QED) is 0.565. The lowest BCUT2D eigenvalue weighted by Gasteiger charge is -2.36. The van der Waals surface area contributed by atoms with Crippen molar-refractivity contribution in [2.24, 2.45) is 7.05 Å². The summed E-state index contributed by atoms with van der Waals surface area (Å²) in [6.07, 6.45) is -1.23. The Labute approximate surface area is 195 Å². The molecule has 2 aromatic heterocycles. The molecular weight excluding hydrogens is 471 g/mol. The van der Waals surface area contributed by atoms with E-state index < -0.39 is 33.9 Å². The number of hydrogen-bond donors (Lipinski definition) is 2. The Balaban J connectivity index is 1.44. The number of anilines is 1. The molecule has 0 bridgehead atoms. The number of aliphatic hydroxyl groups is 1. The number of rotatable bonds is 5. The Morgan fingerprint density at radius 1 is 1.18 bits per heavy atom. The predicted octanol–water partition coefficient (Wildman–Crippen LogP) is 3.05. The molecule has 0 aliphatic carbocycles. The van der Waals surface area contributed by atoms with Crippen molar-refractivity contribution in [2.75, 3.05) is 18.4 Å².